The average Bonchev–Trinajstić information content (AvgIpc) is 2.26. The second kappa shape index (κ2) is 4.79. The lowest BCUT2D eigenvalue weighted by molar-refractivity contribution is -0.161. The van der Waals surface area contributed by atoms with Gasteiger partial charge in [0.15, 0.2) is 5.60 Å². The van der Waals surface area contributed by atoms with E-state index in [2.05, 4.69) is 0 Å². The van der Waals surface area contributed by atoms with Crippen LogP contribution in [-0.2, 0) is 4.79 Å². The van der Waals surface area contributed by atoms with Crippen LogP contribution in [0.5, 0.6) is 0 Å². The second-order valence-corrected chi connectivity index (χ2v) is 3.97. The van der Waals surface area contributed by atoms with Crippen molar-refractivity contribution in [3.05, 3.63) is 35.4 Å². The van der Waals surface area contributed by atoms with Crippen LogP contribution in [0.1, 0.15) is 31.7 Å². The van der Waals surface area contributed by atoms with Gasteiger partial charge in [0.2, 0.25) is 0 Å². The van der Waals surface area contributed by atoms with Gasteiger partial charge < -0.3 is 10.2 Å². The van der Waals surface area contributed by atoms with Crippen LogP contribution in [0, 0.1) is 11.6 Å². The quantitative estimate of drug-likeness (QED) is 0.854. The van der Waals surface area contributed by atoms with Crippen LogP contribution in [0.2, 0.25) is 0 Å². The lowest BCUT2D eigenvalue weighted by Gasteiger charge is -2.29. The molecule has 1 rings (SSSR count). The summed E-state index contributed by atoms with van der Waals surface area (Å²) >= 11 is 0. The van der Waals surface area contributed by atoms with Crippen LogP contribution >= 0.6 is 0 Å². The van der Waals surface area contributed by atoms with Crippen LogP contribution in [0.4, 0.5) is 8.78 Å². The number of carboxylic acid groups (broad SMARTS) is 1. The third kappa shape index (κ3) is 2.44. The van der Waals surface area contributed by atoms with Gasteiger partial charge in [-0.05, 0) is 18.1 Å². The van der Waals surface area contributed by atoms with Gasteiger partial charge in [0.25, 0.3) is 0 Å². The molecule has 0 spiro atoms. The van der Waals surface area contributed by atoms with Crippen molar-refractivity contribution in [3.63, 3.8) is 0 Å². The molecular formula is C12H14F2O3. The van der Waals surface area contributed by atoms with Crippen molar-refractivity contribution in [2.45, 2.75) is 31.8 Å². The minimum absolute atomic E-state index is 0.0156. The predicted molar refractivity (Wildman–Crippen MR) is 57.6 cm³/mol. The van der Waals surface area contributed by atoms with Gasteiger partial charge in [-0.25, -0.2) is 13.6 Å². The van der Waals surface area contributed by atoms with Crippen molar-refractivity contribution in [3.8, 4) is 0 Å². The largest absolute Gasteiger partial charge is 0.479 e. The summed E-state index contributed by atoms with van der Waals surface area (Å²) < 4.78 is 26.2. The van der Waals surface area contributed by atoms with E-state index in [-0.39, 0.29) is 12.0 Å². The van der Waals surface area contributed by atoms with E-state index in [9.17, 15) is 18.7 Å². The van der Waals surface area contributed by atoms with E-state index in [0.717, 1.165) is 12.1 Å². The highest BCUT2D eigenvalue weighted by Gasteiger charge is 2.41. The van der Waals surface area contributed by atoms with Gasteiger partial charge in [-0.3, -0.25) is 0 Å². The molecule has 0 fully saturated rings. The van der Waals surface area contributed by atoms with Gasteiger partial charge in [0.1, 0.15) is 11.6 Å². The maximum absolute atomic E-state index is 13.5. The Morgan fingerprint density at radius 2 is 2.06 bits per heavy atom. The molecule has 5 heteroatoms. The number of rotatable bonds is 4. The number of hydrogen-bond donors (Lipinski definition) is 2. The van der Waals surface area contributed by atoms with E-state index in [1.807, 2.05) is 0 Å². The number of carboxylic acids is 1. The number of aliphatic hydroxyl groups is 1. The molecule has 0 saturated heterocycles. The molecule has 0 amide bonds. The summed E-state index contributed by atoms with van der Waals surface area (Å²) in [4.78, 5) is 11.0. The molecule has 0 saturated carbocycles. The predicted octanol–water partition coefficient (Wildman–Crippen LogP) is 2.29. The van der Waals surface area contributed by atoms with E-state index in [0.29, 0.717) is 6.07 Å². The van der Waals surface area contributed by atoms with Crippen LogP contribution in [-0.4, -0.2) is 21.8 Å². The van der Waals surface area contributed by atoms with Crippen molar-refractivity contribution in [1.82, 2.24) is 0 Å². The first-order valence-corrected chi connectivity index (χ1v) is 5.23. The fraction of sp³-hybridized carbons (Fsp3) is 0.417. The molecule has 0 radical (unpaired) electrons. The minimum atomic E-state index is -2.06. The third-order valence-electron chi connectivity index (χ3n) is 3.05. The molecule has 2 N–H and O–H groups in total. The molecule has 0 bridgehead atoms. The van der Waals surface area contributed by atoms with Gasteiger partial charge in [-0.1, -0.05) is 19.9 Å². The van der Waals surface area contributed by atoms with E-state index < -0.39 is 29.1 Å². The van der Waals surface area contributed by atoms with Crippen molar-refractivity contribution in [1.29, 1.82) is 0 Å². The first-order valence-electron chi connectivity index (χ1n) is 5.23. The molecule has 1 aromatic rings. The van der Waals surface area contributed by atoms with Crippen LogP contribution in [0.25, 0.3) is 0 Å². The van der Waals surface area contributed by atoms with Crippen LogP contribution in [0.15, 0.2) is 18.2 Å². The highest BCUT2D eigenvalue weighted by molar-refractivity contribution is 5.78. The zero-order valence-corrected chi connectivity index (χ0v) is 9.58. The summed E-state index contributed by atoms with van der Waals surface area (Å²) in [6.07, 6.45) is -0.0691. The maximum Gasteiger partial charge on any atom is 0.336 e. The van der Waals surface area contributed by atoms with E-state index in [4.69, 9.17) is 5.11 Å². The number of halogens is 2. The van der Waals surface area contributed by atoms with E-state index in [1.54, 1.807) is 0 Å². The average molecular weight is 244 g/mol. The standard InChI is InChI=1S/C12H14F2O3/c1-3-12(17,11(15)16)7(2)9-5-4-8(13)6-10(9)14/h4-7,17H,3H2,1-2H3,(H,15,16). The van der Waals surface area contributed by atoms with Crippen molar-refractivity contribution in [2.75, 3.05) is 0 Å². The van der Waals surface area contributed by atoms with Crippen LogP contribution < -0.4 is 0 Å². The monoisotopic (exact) mass is 244 g/mol. The number of carbonyl (C=O) groups is 1. The minimum Gasteiger partial charge on any atom is -0.479 e. The molecule has 0 heterocycles. The summed E-state index contributed by atoms with van der Waals surface area (Å²) in [6.45, 7) is 2.89. The highest BCUT2D eigenvalue weighted by Crippen LogP contribution is 2.32. The summed E-state index contributed by atoms with van der Waals surface area (Å²) in [5.41, 5.74) is -2.07. The summed E-state index contributed by atoms with van der Waals surface area (Å²) in [6, 6.07) is 2.86. The highest BCUT2D eigenvalue weighted by atomic mass is 19.1. The smallest absolute Gasteiger partial charge is 0.336 e. The molecule has 2 unspecified atom stereocenters. The Morgan fingerprint density at radius 3 is 2.47 bits per heavy atom. The maximum atomic E-state index is 13.5. The normalized spacial score (nSPS) is 16.3. The third-order valence-corrected chi connectivity index (χ3v) is 3.05. The molecule has 0 aliphatic rings. The van der Waals surface area contributed by atoms with Gasteiger partial charge in [-0.2, -0.15) is 0 Å². The molecule has 17 heavy (non-hydrogen) atoms. The lowest BCUT2D eigenvalue weighted by atomic mass is 9.81. The summed E-state index contributed by atoms with van der Waals surface area (Å²) in [7, 11) is 0. The molecule has 2 atom stereocenters. The molecule has 3 nitrogen and oxygen atoms in total. The Labute approximate surface area is 97.7 Å². The molecule has 1 aromatic carbocycles. The van der Waals surface area contributed by atoms with Gasteiger partial charge in [0.05, 0.1) is 0 Å². The Hall–Kier alpha value is -1.49. The number of hydrogen-bond acceptors (Lipinski definition) is 2. The first-order chi connectivity index (χ1) is 7.82. The molecule has 0 aliphatic heterocycles. The summed E-state index contributed by atoms with van der Waals surface area (Å²) in [5, 5.41) is 18.9. The van der Waals surface area contributed by atoms with Gasteiger partial charge in [0, 0.05) is 12.0 Å². The fourth-order valence-electron chi connectivity index (χ4n) is 1.75. The number of aliphatic carboxylic acids is 1. The molecular weight excluding hydrogens is 230 g/mol. The zero-order valence-electron chi connectivity index (χ0n) is 9.58. The van der Waals surface area contributed by atoms with Crippen molar-refractivity contribution >= 4 is 5.97 Å². The summed E-state index contributed by atoms with van der Waals surface area (Å²) in [5.74, 6) is -3.98. The van der Waals surface area contributed by atoms with E-state index in [1.165, 1.54) is 13.8 Å². The zero-order chi connectivity index (χ0) is 13.2. The topological polar surface area (TPSA) is 57.5 Å². The second-order valence-electron chi connectivity index (χ2n) is 3.97. The molecule has 0 aliphatic carbocycles. The fourth-order valence-corrected chi connectivity index (χ4v) is 1.75. The van der Waals surface area contributed by atoms with Crippen molar-refractivity contribution < 1.29 is 23.8 Å². The molecule has 94 valence electrons. The lowest BCUT2D eigenvalue weighted by Crippen LogP contribution is -2.43. The Balaban J connectivity index is 3.19. The van der Waals surface area contributed by atoms with Crippen molar-refractivity contribution in [2.24, 2.45) is 0 Å². The van der Waals surface area contributed by atoms with Gasteiger partial charge in [-0.15, -0.1) is 0 Å². The Morgan fingerprint density at radius 1 is 1.47 bits per heavy atom. The molecule has 0 aromatic heterocycles. The first kappa shape index (κ1) is 13.6. The van der Waals surface area contributed by atoms with Gasteiger partial charge >= 0.3 is 5.97 Å². The Bertz CT molecular complexity index is 434. The van der Waals surface area contributed by atoms with Crippen LogP contribution in [0.3, 0.4) is 0 Å². The number of benzene rings is 1. The van der Waals surface area contributed by atoms with E-state index >= 15 is 0 Å². The SMILES string of the molecule is CCC(O)(C(=O)O)C(C)c1ccc(F)cc1F. The Kier molecular flexibility index (Phi) is 3.83.